The molecule has 1 heterocycles. The van der Waals surface area contributed by atoms with Crippen molar-refractivity contribution in [1.29, 1.82) is 0 Å². The molecule has 27 heavy (non-hydrogen) atoms. The Balaban J connectivity index is 2.10. The third-order valence-electron chi connectivity index (χ3n) is 4.32. The van der Waals surface area contributed by atoms with Crippen molar-refractivity contribution in [2.75, 3.05) is 26.9 Å². The fourth-order valence-corrected chi connectivity index (χ4v) is 3.14. The SMILES string of the molecule is CCOc1ccc(-n2c(C)c(C(=O)OCCOC)c3cc(O)ccc32)cc1. The second-order valence-electron chi connectivity index (χ2n) is 6.05. The first-order valence-corrected chi connectivity index (χ1v) is 8.80. The lowest BCUT2D eigenvalue weighted by atomic mass is 10.1. The van der Waals surface area contributed by atoms with Gasteiger partial charge < -0.3 is 23.9 Å². The quantitative estimate of drug-likeness (QED) is 0.506. The highest BCUT2D eigenvalue weighted by atomic mass is 16.6. The number of benzene rings is 2. The first-order valence-electron chi connectivity index (χ1n) is 8.80. The van der Waals surface area contributed by atoms with E-state index in [0.717, 1.165) is 22.6 Å². The van der Waals surface area contributed by atoms with Crippen molar-refractivity contribution < 1.29 is 24.1 Å². The van der Waals surface area contributed by atoms with E-state index in [-0.39, 0.29) is 12.4 Å². The molecule has 0 fully saturated rings. The Morgan fingerprint density at radius 1 is 1.11 bits per heavy atom. The van der Waals surface area contributed by atoms with Crippen molar-refractivity contribution in [3.05, 3.63) is 53.7 Å². The molecule has 6 heteroatoms. The van der Waals surface area contributed by atoms with Gasteiger partial charge in [-0.2, -0.15) is 0 Å². The van der Waals surface area contributed by atoms with Gasteiger partial charge in [-0.1, -0.05) is 0 Å². The van der Waals surface area contributed by atoms with E-state index >= 15 is 0 Å². The maximum Gasteiger partial charge on any atom is 0.340 e. The Labute approximate surface area is 157 Å². The molecule has 0 aliphatic rings. The summed E-state index contributed by atoms with van der Waals surface area (Å²) in [7, 11) is 1.55. The van der Waals surface area contributed by atoms with Crippen LogP contribution in [0.2, 0.25) is 0 Å². The van der Waals surface area contributed by atoms with Gasteiger partial charge in [0.2, 0.25) is 0 Å². The number of hydrogen-bond acceptors (Lipinski definition) is 5. The summed E-state index contributed by atoms with van der Waals surface area (Å²) >= 11 is 0. The predicted molar refractivity (Wildman–Crippen MR) is 103 cm³/mol. The Hall–Kier alpha value is -2.99. The molecule has 0 spiro atoms. The van der Waals surface area contributed by atoms with E-state index < -0.39 is 5.97 Å². The van der Waals surface area contributed by atoms with Crippen molar-refractivity contribution >= 4 is 16.9 Å². The summed E-state index contributed by atoms with van der Waals surface area (Å²) in [5.74, 6) is 0.439. The number of methoxy groups -OCH3 is 1. The topological polar surface area (TPSA) is 69.9 Å². The van der Waals surface area contributed by atoms with E-state index in [0.29, 0.717) is 24.2 Å². The van der Waals surface area contributed by atoms with Crippen LogP contribution in [0.3, 0.4) is 0 Å². The summed E-state index contributed by atoms with van der Waals surface area (Å²) in [5, 5.41) is 10.6. The predicted octanol–water partition coefficient (Wildman–Crippen LogP) is 3.85. The lowest BCUT2D eigenvalue weighted by Crippen LogP contribution is -2.11. The van der Waals surface area contributed by atoms with E-state index in [9.17, 15) is 9.90 Å². The van der Waals surface area contributed by atoms with E-state index in [1.165, 1.54) is 0 Å². The monoisotopic (exact) mass is 369 g/mol. The standard InChI is InChI=1S/C21H23NO5/c1-4-26-17-8-5-15(6-9-17)22-14(2)20(21(24)27-12-11-25-3)18-13-16(23)7-10-19(18)22/h5-10,13,23H,4,11-12H2,1-3H3. The van der Waals surface area contributed by atoms with Crippen molar-refractivity contribution in [3.8, 4) is 17.2 Å². The molecule has 1 aromatic heterocycles. The number of phenols is 1. The molecule has 1 N–H and O–H groups in total. The molecule has 142 valence electrons. The van der Waals surface area contributed by atoms with Gasteiger partial charge in [-0.25, -0.2) is 4.79 Å². The molecule has 0 saturated carbocycles. The number of phenolic OH excluding ortho intramolecular Hbond substituents is 1. The van der Waals surface area contributed by atoms with Crippen LogP contribution in [0.4, 0.5) is 0 Å². The molecule has 0 saturated heterocycles. The van der Waals surface area contributed by atoms with Crippen LogP contribution in [-0.4, -0.2) is 42.6 Å². The van der Waals surface area contributed by atoms with Gasteiger partial charge in [0.1, 0.15) is 18.1 Å². The van der Waals surface area contributed by atoms with Gasteiger partial charge in [-0.15, -0.1) is 0 Å². The number of esters is 1. The van der Waals surface area contributed by atoms with Crippen molar-refractivity contribution in [2.45, 2.75) is 13.8 Å². The highest BCUT2D eigenvalue weighted by Gasteiger charge is 2.22. The van der Waals surface area contributed by atoms with Crippen molar-refractivity contribution in [3.63, 3.8) is 0 Å². The van der Waals surface area contributed by atoms with Crippen molar-refractivity contribution in [2.24, 2.45) is 0 Å². The number of ether oxygens (including phenoxy) is 3. The van der Waals surface area contributed by atoms with E-state index in [2.05, 4.69) is 0 Å². The molecule has 0 amide bonds. The zero-order chi connectivity index (χ0) is 19.4. The summed E-state index contributed by atoms with van der Waals surface area (Å²) < 4.78 is 17.7. The highest BCUT2D eigenvalue weighted by molar-refractivity contribution is 6.07. The molecule has 0 radical (unpaired) electrons. The minimum atomic E-state index is -0.440. The first-order chi connectivity index (χ1) is 13.1. The molecule has 0 unspecified atom stereocenters. The van der Waals surface area contributed by atoms with Gasteiger partial charge >= 0.3 is 5.97 Å². The lowest BCUT2D eigenvalue weighted by molar-refractivity contribution is 0.0389. The molecule has 2 aromatic carbocycles. The average Bonchev–Trinajstić information content (AvgIpc) is 2.94. The zero-order valence-electron chi connectivity index (χ0n) is 15.7. The fraction of sp³-hybridized carbons (Fsp3) is 0.286. The number of carbonyl (C=O) groups is 1. The van der Waals surface area contributed by atoms with E-state index in [1.54, 1.807) is 25.3 Å². The molecular weight excluding hydrogens is 346 g/mol. The molecule has 0 bridgehead atoms. The van der Waals surface area contributed by atoms with Gasteiger partial charge in [0.05, 0.1) is 24.3 Å². The Bertz CT molecular complexity index is 943. The number of aromatic hydroxyl groups is 1. The van der Waals surface area contributed by atoms with Crippen LogP contribution in [0.5, 0.6) is 11.5 Å². The zero-order valence-corrected chi connectivity index (χ0v) is 15.7. The second kappa shape index (κ2) is 8.14. The average molecular weight is 369 g/mol. The molecule has 3 rings (SSSR count). The summed E-state index contributed by atoms with van der Waals surface area (Å²) in [6.07, 6.45) is 0. The fourth-order valence-electron chi connectivity index (χ4n) is 3.14. The third kappa shape index (κ3) is 3.75. The summed E-state index contributed by atoms with van der Waals surface area (Å²) in [5.41, 5.74) is 2.88. The molecule has 0 aliphatic carbocycles. The number of hydrogen-bond donors (Lipinski definition) is 1. The van der Waals surface area contributed by atoms with Gasteiger partial charge in [0.15, 0.2) is 0 Å². The maximum atomic E-state index is 12.7. The van der Waals surface area contributed by atoms with Gasteiger partial charge in [-0.05, 0) is 56.3 Å². The van der Waals surface area contributed by atoms with E-state index in [1.807, 2.05) is 42.7 Å². The molecule has 0 atom stereocenters. The minimum absolute atomic E-state index is 0.0947. The molecule has 3 aromatic rings. The number of carbonyl (C=O) groups excluding carboxylic acids is 1. The largest absolute Gasteiger partial charge is 0.508 e. The number of aromatic nitrogens is 1. The van der Waals surface area contributed by atoms with Crippen LogP contribution >= 0.6 is 0 Å². The smallest absolute Gasteiger partial charge is 0.340 e. The van der Waals surface area contributed by atoms with Crippen LogP contribution < -0.4 is 4.74 Å². The van der Waals surface area contributed by atoms with Crippen LogP contribution in [0.15, 0.2) is 42.5 Å². The van der Waals surface area contributed by atoms with Gasteiger partial charge in [0, 0.05) is 23.9 Å². The number of rotatable bonds is 7. The normalized spacial score (nSPS) is 10.9. The van der Waals surface area contributed by atoms with Crippen LogP contribution in [-0.2, 0) is 9.47 Å². The Morgan fingerprint density at radius 2 is 1.85 bits per heavy atom. The maximum absolute atomic E-state index is 12.7. The van der Waals surface area contributed by atoms with Crippen LogP contribution in [0.1, 0.15) is 23.0 Å². The minimum Gasteiger partial charge on any atom is -0.508 e. The summed E-state index contributed by atoms with van der Waals surface area (Å²) in [6, 6.07) is 12.6. The highest BCUT2D eigenvalue weighted by Crippen LogP contribution is 2.32. The number of nitrogens with zero attached hydrogens (tertiary/aromatic N) is 1. The molecular formula is C21H23NO5. The molecule has 6 nitrogen and oxygen atoms in total. The van der Waals surface area contributed by atoms with Crippen LogP contribution in [0, 0.1) is 6.92 Å². The summed E-state index contributed by atoms with van der Waals surface area (Å²) in [4.78, 5) is 12.7. The first kappa shape index (κ1) is 18.8. The van der Waals surface area contributed by atoms with Crippen molar-refractivity contribution in [1.82, 2.24) is 4.57 Å². The Morgan fingerprint density at radius 3 is 2.52 bits per heavy atom. The second-order valence-corrected chi connectivity index (χ2v) is 6.05. The lowest BCUT2D eigenvalue weighted by Gasteiger charge is -2.10. The van der Waals surface area contributed by atoms with Crippen LogP contribution in [0.25, 0.3) is 16.6 Å². The van der Waals surface area contributed by atoms with Gasteiger partial charge in [-0.3, -0.25) is 0 Å². The van der Waals surface area contributed by atoms with E-state index in [4.69, 9.17) is 14.2 Å². The van der Waals surface area contributed by atoms with Gasteiger partial charge in [0.25, 0.3) is 0 Å². The molecule has 0 aliphatic heterocycles. The number of fused-ring (bicyclic) bond motifs is 1. The summed E-state index contributed by atoms with van der Waals surface area (Å²) in [6.45, 7) is 4.89. The Kier molecular flexibility index (Phi) is 5.66. The third-order valence-corrected chi connectivity index (χ3v) is 4.32.